The van der Waals surface area contributed by atoms with E-state index in [9.17, 15) is 0 Å². The predicted molar refractivity (Wildman–Crippen MR) is 99.7 cm³/mol. The molecule has 1 atom stereocenters. The zero-order valence-corrected chi connectivity index (χ0v) is 15.3. The van der Waals surface area contributed by atoms with Gasteiger partial charge in [-0.3, -0.25) is 0 Å². The maximum absolute atomic E-state index is 5.75. The van der Waals surface area contributed by atoms with Crippen molar-refractivity contribution >= 4 is 0 Å². The molecule has 0 aromatic heterocycles. The lowest BCUT2D eigenvalue weighted by Crippen LogP contribution is -2.22. The summed E-state index contributed by atoms with van der Waals surface area (Å²) in [5.74, 6) is 0. The molecule has 0 aromatic rings. The highest BCUT2D eigenvalue weighted by atomic mass is 16.7. The average Bonchev–Trinajstić information content (AvgIpc) is 2.59. The molecule has 0 amide bonds. The summed E-state index contributed by atoms with van der Waals surface area (Å²) in [4.78, 5) is 0. The Kier molecular flexibility index (Phi) is 14.5. The number of allylic oxidation sites excluding steroid dienone is 4. The molecule has 23 heavy (non-hydrogen) atoms. The zero-order valence-electron chi connectivity index (χ0n) is 15.3. The molecule has 0 aromatic carbocycles. The van der Waals surface area contributed by atoms with Crippen molar-refractivity contribution in [3.05, 3.63) is 24.3 Å². The summed E-state index contributed by atoms with van der Waals surface area (Å²) in [6, 6.07) is 0. The third-order valence-corrected chi connectivity index (χ3v) is 4.31. The summed E-state index contributed by atoms with van der Waals surface area (Å²) in [6.07, 6.45) is 25.5. The van der Waals surface area contributed by atoms with E-state index >= 15 is 0 Å². The van der Waals surface area contributed by atoms with Crippen LogP contribution >= 0.6 is 0 Å². The lowest BCUT2D eigenvalue weighted by atomic mass is 10.1. The summed E-state index contributed by atoms with van der Waals surface area (Å²) in [7, 11) is 0. The van der Waals surface area contributed by atoms with Gasteiger partial charge < -0.3 is 9.47 Å². The summed E-state index contributed by atoms with van der Waals surface area (Å²) in [6.45, 7) is 3.99. The highest BCUT2D eigenvalue weighted by Gasteiger charge is 2.13. The number of hydrogen-bond donors (Lipinski definition) is 0. The number of ether oxygens (including phenoxy) is 2. The first-order chi connectivity index (χ1) is 11.4. The van der Waals surface area contributed by atoms with Crippen LogP contribution in [0.25, 0.3) is 0 Å². The van der Waals surface area contributed by atoms with Crippen LogP contribution in [0.15, 0.2) is 24.3 Å². The molecule has 1 rings (SSSR count). The van der Waals surface area contributed by atoms with Gasteiger partial charge in [0.25, 0.3) is 0 Å². The number of hydrogen-bond acceptors (Lipinski definition) is 2. The molecular weight excluding hydrogens is 284 g/mol. The highest BCUT2D eigenvalue weighted by molar-refractivity contribution is 5.02. The van der Waals surface area contributed by atoms with Crippen molar-refractivity contribution in [3.63, 3.8) is 0 Å². The minimum Gasteiger partial charge on any atom is -0.353 e. The Labute approximate surface area is 144 Å². The maximum Gasteiger partial charge on any atom is 0.157 e. The Hall–Kier alpha value is -0.600. The van der Waals surface area contributed by atoms with Crippen molar-refractivity contribution < 1.29 is 9.47 Å². The molecule has 2 nitrogen and oxygen atoms in total. The van der Waals surface area contributed by atoms with Gasteiger partial charge in [0.05, 0.1) is 0 Å². The SMILES string of the molecule is CCCC/C=C/C=C\CCCCCCCCOC1CCCCO1. The maximum atomic E-state index is 5.75. The molecule has 1 fully saturated rings. The second-order valence-corrected chi connectivity index (χ2v) is 6.58. The van der Waals surface area contributed by atoms with Crippen molar-refractivity contribution in [3.8, 4) is 0 Å². The molecule has 2 heteroatoms. The van der Waals surface area contributed by atoms with Crippen LogP contribution < -0.4 is 0 Å². The van der Waals surface area contributed by atoms with Crippen LogP contribution in [0.5, 0.6) is 0 Å². The van der Waals surface area contributed by atoms with Gasteiger partial charge in [-0.05, 0) is 44.9 Å². The van der Waals surface area contributed by atoms with E-state index in [2.05, 4.69) is 31.2 Å². The molecule has 0 aliphatic carbocycles. The largest absolute Gasteiger partial charge is 0.353 e. The van der Waals surface area contributed by atoms with Crippen LogP contribution in [0, 0.1) is 0 Å². The number of unbranched alkanes of at least 4 members (excludes halogenated alkanes) is 8. The zero-order chi connectivity index (χ0) is 16.4. The van der Waals surface area contributed by atoms with Gasteiger partial charge in [0.2, 0.25) is 0 Å². The van der Waals surface area contributed by atoms with Crippen LogP contribution in [-0.4, -0.2) is 19.5 Å². The van der Waals surface area contributed by atoms with Crippen molar-refractivity contribution in [2.45, 2.75) is 96.7 Å². The van der Waals surface area contributed by atoms with Gasteiger partial charge in [-0.15, -0.1) is 0 Å². The van der Waals surface area contributed by atoms with E-state index < -0.39 is 0 Å². The first kappa shape index (κ1) is 20.4. The third-order valence-electron chi connectivity index (χ3n) is 4.31. The van der Waals surface area contributed by atoms with Crippen molar-refractivity contribution in [2.24, 2.45) is 0 Å². The lowest BCUT2D eigenvalue weighted by molar-refractivity contribution is -0.162. The lowest BCUT2D eigenvalue weighted by Gasteiger charge is -2.22. The van der Waals surface area contributed by atoms with E-state index in [0.29, 0.717) is 0 Å². The van der Waals surface area contributed by atoms with Crippen molar-refractivity contribution in [2.75, 3.05) is 13.2 Å². The van der Waals surface area contributed by atoms with Gasteiger partial charge in [0, 0.05) is 13.2 Å². The fourth-order valence-electron chi connectivity index (χ4n) is 2.80. The molecule has 1 aliphatic heterocycles. The standard InChI is InChI=1S/C21H38O2/c1-2-3-4-5-6-7-8-9-10-11-12-13-14-16-19-22-21-18-15-17-20-23-21/h5-8,21H,2-4,9-20H2,1H3/b6-5+,8-7-. The third kappa shape index (κ3) is 13.5. The first-order valence-electron chi connectivity index (χ1n) is 9.98. The number of rotatable bonds is 14. The molecule has 1 unspecified atom stereocenters. The Morgan fingerprint density at radius 3 is 2.26 bits per heavy atom. The van der Waals surface area contributed by atoms with E-state index in [1.807, 2.05) is 0 Å². The summed E-state index contributed by atoms with van der Waals surface area (Å²) >= 11 is 0. The van der Waals surface area contributed by atoms with E-state index in [1.54, 1.807) is 0 Å². The van der Waals surface area contributed by atoms with Crippen LogP contribution in [-0.2, 0) is 9.47 Å². The van der Waals surface area contributed by atoms with Gasteiger partial charge in [0.1, 0.15) is 0 Å². The van der Waals surface area contributed by atoms with Crippen LogP contribution in [0.2, 0.25) is 0 Å². The summed E-state index contributed by atoms with van der Waals surface area (Å²) in [5, 5.41) is 0. The molecule has 0 radical (unpaired) electrons. The molecule has 1 heterocycles. The van der Waals surface area contributed by atoms with Crippen molar-refractivity contribution in [1.29, 1.82) is 0 Å². The highest BCUT2D eigenvalue weighted by Crippen LogP contribution is 2.14. The normalized spacial score (nSPS) is 19.1. The van der Waals surface area contributed by atoms with E-state index in [0.717, 1.165) is 19.6 Å². The second-order valence-electron chi connectivity index (χ2n) is 6.58. The van der Waals surface area contributed by atoms with Crippen molar-refractivity contribution in [1.82, 2.24) is 0 Å². The second kappa shape index (κ2) is 16.3. The fraction of sp³-hybridized carbons (Fsp3) is 0.810. The molecule has 0 N–H and O–H groups in total. The predicted octanol–water partition coefficient (Wildman–Crippen LogP) is 6.56. The average molecular weight is 323 g/mol. The molecule has 0 spiro atoms. The minimum atomic E-state index is 0.0894. The quantitative estimate of drug-likeness (QED) is 0.266. The molecule has 1 aliphatic rings. The summed E-state index contributed by atoms with van der Waals surface area (Å²) < 4.78 is 11.3. The van der Waals surface area contributed by atoms with Crippen LogP contribution in [0.1, 0.15) is 90.4 Å². The Balaban J connectivity index is 1.75. The minimum absolute atomic E-state index is 0.0894. The fourth-order valence-corrected chi connectivity index (χ4v) is 2.80. The Morgan fingerprint density at radius 1 is 0.870 bits per heavy atom. The Morgan fingerprint density at radius 2 is 1.57 bits per heavy atom. The van der Waals surface area contributed by atoms with Crippen LogP contribution in [0.4, 0.5) is 0 Å². The van der Waals surface area contributed by atoms with Gasteiger partial charge in [-0.2, -0.15) is 0 Å². The molecular formula is C21H38O2. The first-order valence-corrected chi connectivity index (χ1v) is 9.98. The molecule has 0 bridgehead atoms. The van der Waals surface area contributed by atoms with E-state index in [4.69, 9.17) is 9.47 Å². The summed E-state index contributed by atoms with van der Waals surface area (Å²) in [5.41, 5.74) is 0. The van der Waals surface area contributed by atoms with Crippen LogP contribution in [0.3, 0.4) is 0 Å². The monoisotopic (exact) mass is 322 g/mol. The molecule has 1 saturated heterocycles. The topological polar surface area (TPSA) is 18.5 Å². The van der Waals surface area contributed by atoms with E-state index in [1.165, 1.54) is 77.0 Å². The van der Waals surface area contributed by atoms with Gasteiger partial charge in [0.15, 0.2) is 6.29 Å². The van der Waals surface area contributed by atoms with Gasteiger partial charge in [-0.1, -0.05) is 69.8 Å². The van der Waals surface area contributed by atoms with Gasteiger partial charge >= 0.3 is 0 Å². The Bertz CT molecular complexity index is 290. The van der Waals surface area contributed by atoms with Gasteiger partial charge in [-0.25, -0.2) is 0 Å². The molecule has 0 saturated carbocycles. The van der Waals surface area contributed by atoms with E-state index in [-0.39, 0.29) is 6.29 Å². The molecule has 134 valence electrons. The smallest absolute Gasteiger partial charge is 0.157 e.